The minimum absolute atomic E-state index is 0. The second-order valence-electron chi connectivity index (χ2n) is 1.96. The predicted octanol–water partition coefficient (Wildman–Crippen LogP) is -0.0120. The second kappa shape index (κ2) is 10.5. The van der Waals surface area contributed by atoms with Crippen molar-refractivity contribution in [3.8, 4) is 0 Å². The van der Waals surface area contributed by atoms with Crippen molar-refractivity contribution in [2.45, 2.75) is 20.3 Å². The van der Waals surface area contributed by atoms with Gasteiger partial charge in [-0.2, -0.15) is 6.08 Å². The molecule has 1 rings (SSSR count). The van der Waals surface area contributed by atoms with E-state index in [1.54, 1.807) is 0 Å². The Kier molecular flexibility index (Phi) is 21.5. The van der Waals surface area contributed by atoms with Crippen molar-refractivity contribution in [3.05, 3.63) is 38.2 Å². The zero-order valence-electron chi connectivity index (χ0n) is 7.66. The standard InChI is InChI=1S/C7H9.2CH3.ClH.Ti/c1-6-4-3-5-7(6)2;;;;/h3H,4H2,1-2H3;2*1H3;1H;/q3*-1;;+4/p-1. The molecule has 0 nitrogen and oxygen atoms in total. The Morgan fingerprint density at radius 3 is 1.82 bits per heavy atom. The summed E-state index contributed by atoms with van der Waals surface area (Å²) in [4.78, 5) is 0. The molecule has 0 spiro atoms. The summed E-state index contributed by atoms with van der Waals surface area (Å²) in [6.07, 6.45) is 6.31. The fourth-order valence-electron chi connectivity index (χ4n) is 0.634. The van der Waals surface area contributed by atoms with Crippen LogP contribution in [0.15, 0.2) is 17.2 Å². The second-order valence-corrected chi connectivity index (χ2v) is 1.96. The maximum atomic E-state index is 3.12. The van der Waals surface area contributed by atoms with E-state index in [9.17, 15) is 0 Å². The molecule has 0 saturated carbocycles. The number of allylic oxidation sites excluding steroid dienone is 4. The van der Waals surface area contributed by atoms with E-state index in [1.807, 2.05) is 0 Å². The smallest absolute Gasteiger partial charge is 1.00 e. The fraction of sp³-hybridized carbons (Fsp3) is 0.333. The zero-order valence-corrected chi connectivity index (χ0v) is 9.98. The first-order chi connectivity index (χ1) is 3.30. The molecular formula is C9H15ClTi. The van der Waals surface area contributed by atoms with E-state index in [1.165, 1.54) is 11.1 Å². The quantitative estimate of drug-likeness (QED) is 0.386. The van der Waals surface area contributed by atoms with Gasteiger partial charge in [-0.25, -0.2) is 11.1 Å². The molecule has 0 unspecified atom stereocenters. The molecule has 0 amide bonds. The normalized spacial score (nSPS) is 12.2. The van der Waals surface area contributed by atoms with Crippen molar-refractivity contribution in [2.75, 3.05) is 0 Å². The first kappa shape index (κ1) is 22.5. The van der Waals surface area contributed by atoms with Gasteiger partial charge in [0.1, 0.15) is 0 Å². The molecule has 0 aromatic carbocycles. The third-order valence-electron chi connectivity index (χ3n) is 1.37. The van der Waals surface area contributed by atoms with Crippen LogP contribution in [0.1, 0.15) is 20.3 Å². The Hall–Kier alpha value is 0.484. The molecule has 2 heteroatoms. The van der Waals surface area contributed by atoms with Crippen LogP contribution in [-0.2, 0) is 21.7 Å². The molecule has 0 fully saturated rings. The van der Waals surface area contributed by atoms with Crippen LogP contribution < -0.4 is 12.4 Å². The molecule has 0 saturated heterocycles. The SMILES string of the molecule is CC1=C(C)CC=[C-]1.[CH3-].[CH3-].[Cl-].[Ti+4]. The Morgan fingerprint density at radius 1 is 1.27 bits per heavy atom. The molecule has 0 heterocycles. The molecule has 0 radical (unpaired) electrons. The Balaban J connectivity index is -0.0000000612. The van der Waals surface area contributed by atoms with E-state index in [-0.39, 0.29) is 49.0 Å². The first-order valence-electron chi connectivity index (χ1n) is 2.55. The maximum Gasteiger partial charge on any atom is 4.00 e. The van der Waals surface area contributed by atoms with Gasteiger partial charge in [0.05, 0.1) is 0 Å². The van der Waals surface area contributed by atoms with E-state index in [0.29, 0.717) is 0 Å². The van der Waals surface area contributed by atoms with Crippen molar-refractivity contribution >= 4 is 0 Å². The van der Waals surface area contributed by atoms with Gasteiger partial charge in [-0.05, 0) is 0 Å². The van der Waals surface area contributed by atoms with Crippen LogP contribution in [0, 0.1) is 20.9 Å². The summed E-state index contributed by atoms with van der Waals surface area (Å²) in [7, 11) is 0. The summed E-state index contributed by atoms with van der Waals surface area (Å²) >= 11 is 0. The Labute approximate surface area is 92.4 Å². The van der Waals surface area contributed by atoms with Gasteiger partial charge in [0.2, 0.25) is 0 Å². The van der Waals surface area contributed by atoms with E-state index >= 15 is 0 Å². The van der Waals surface area contributed by atoms with Gasteiger partial charge in [-0.1, -0.05) is 13.3 Å². The minimum atomic E-state index is 0. The number of rotatable bonds is 0. The summed E-state index contributed by atoms with van der Waals surface area (Å²) in [5.74, 6) is 0. The predicted molar refractivity (Wildman–Crippen MR) is 43.6 cm³/mol. The van der Waals surface area contributed by atoms with Crippen LogP contribution in [-0.4, -0.2) is 0 Å². The van der Waals surface area contributed by atoms with Gasteiger partial charge in [0, 0.05) is 0 Å². The van der Waals surface area contributed by atoms with Crippen LogP contribution >= 0.6 is 0 Å². The van der Waals surface area contributed by atoms with Gasteiger partial charge in [0.15, 0.2) is 0 Å². The van der Waals surface area contributed by atoms with Crippen LogP contribution in [0.2, 0.25) is 0 Å². The Morgan fingerprint density at radius 2 is 1.73 bits per heavy atom. The summed E-state index contributed by atoms with van der Waals surface area (Å²) < 4.78 is 0. The maximum absolute atomic E-state index is 3.12. The average molecular weight is 207 g/mol. The number of hydrogen-bond donors (Lipinski definition) is 0. The molecule has 0 N–H and O–H groups in total. The van der Waals surface area contributed by atoms with E-state index in [4.69, 9.17) is 0 Å². The van der Waals surface area contributed by atoms with Crippen LogP contribution in [0.25, 0.3) is 0 Å². The largest absolute Gasteiger partial charge is 4.00 e. The molecular weight excluding hydrogens is 191 g/mol. The molecule has 1 aliphatic carbocycles. The van der Waals surface area contributed by atoms with Gasteiger partial charge < -0.3 is 27.3 Å². The third kappa shape index (κ3) is 6.87. The summed E-state index contributed by atoms with van der Waals surface area (Å²) in [5, 5.41) is 0. The first-order valence-corrected chi connectivity index (χ1v) is 2.55. The average Bonchev–Trinajstić information content (AvgIpc) is 1.91. The third-order valence-corrected chi connectivity index (χ3v) is 1.37. The summed E-state index contributed by atoms with van der Waals surface area (Å²) in [6, 6.07) is 0. The van der Waals surface area contributed by atoms with Gasteiger partial charge in [0.25, 0.3) is 0 Å². The van der Waals surface area contributed by atoms with Crippen LogP contribution in [0.5, 0.6) is 0 Å². The van der Waals surface area contributed by atoms with Gasteiger partial charge >= 0.3 is 21.7 Å². The molecule has 0 atom stereocenters. The summed E-state index contributed by atoms with van der Waals surface area (Å²) in [6.45, 7) is 4.24. The fourth-order valence-corrected chi connectivity index (χ4v) is 0.634. The Bertz CT molecular complexity index is 136. The van der Waals surface area contributed by atoms with Crippen LogP contribution in [0.4, 0.5) is 0 Å². The molecule has 0 aliphatic heterocycles. The van der Waals surface area contributed by atoms with Crippen molar-refractivity contribution in [2.24, 2.45) is 0 Å². The monoisotopic (exact) mass is 206 g/mol. The number of halogens is 1. The zero-order chi connectivity index (χ0) is 5.28. The van der Waals surface area contributed by atoms with Gasteiger partial charge in [-0.15, -0.1) is 6.92 Å². The molecule has 1 aliphatic rings. The van der Waals surface area contributed by atoms with Gasteiger partial charge in [-0.3, -0.25) is 6.08 Å². The van der Waals surface area contributed by atoms with Crippen molar-refractivity contribution in [1.29, 1.82) is 0 Å². The molecule has 0 bridgehead atoms. The van der Waals surface area contributed by atoms with Crippen molar-refractivity contribution in [1.82, 2.24) is 0 Å². The van der Waals surface area contributed by atoms with E-state index in [2.05, 4.69) is 26.0 Å². The molecule has 62 valence electrons. The van der Waals surface area contributed by atoms with Crippen molar-refractivity contribution in [3.63, 3.8) is 0 Å². The minimum Gasteiger partial charge on any atom is -1.00 e. The molecule has 11 heavy (non-hydrogen) atoms. The summed E-state index contributed by atoms with van der Waals surface area (Å²) in [5.41, 5.74) is 2.78. The molecule has 0 aromatic heterocycles. The van der Waals surface area contributed by atoms with E-state index in [0.717, 1.165) is 6.42 Å². The van der Waals surface area contributed by atoms with E-state index < -0.39 is 0 Å². The van der Waals surface area contributed by atoms with Crippen LogP contribution in [0.3, 0.4) is 0 Å². The topological polar surface area (TPSA) is 0 Å². The molecule has 0 aromatic rings. The van der Waals surface area contributed by atoms with Crippen molar-refractivity contribution < 1.29 is 34.1 Å². The number of hydrogen-bond acceptors (Lipinski definition) is 0.